The number of rotatable bonds is 8. The highest BCUT2D eigenvalue weighted by atomic mass is 127. The number of methoxy groups -OCH3 is 1. The number of hydrogen-bond acceptors (Lipinski definition) is 6. The van der Waals surface area contributed by atoms with Crippen molar-refractivity contribution in [3.05, 3.63) is 57.7 Å². The van der Waals surface area contributed by atoms with Crippen LogP contribution in [-0.4, -0.2) is 32.2 Å². The van der Waals surface area contributed by atoms with Crippen molar-refractivity contribution in [1.29, 1.82) is 5.26 Å². The Morgan fingerprint density at radius 3 is 2.61 bits per heavy atom. The van der Waals surface area contributed by atoms with Gasteiger partial charge in [0.05, 0.1) is 7.11 Å². The van der Waals surface area contributed by atoms with Crippen LogP contribution in [0.2, 0.25) is 0 Å². The zero-order valence-electron chi connectivity index (χ0n) is 15.0. The van der Waals surface area contributed by atoms with Gasteiger partial charge in [0.1, 0.15) is 6.07 Å². The van der Waals surface area contributed by atoms with Crippen LogP contribution < -0.4 is 14.8 Å². The molecule has 8 heteroatoms. The Labute approximate surface area is 176 Å². The highest BCUT2D eigenvalue weighted by molar-refractivity contribution is 14.1. The number of ether oxygens (including phenoxy) is 3. The van der Waals surface area contributed by atoms with Crippen molar-refractivity contribution in [1.82, 2.24) is 0 Å². The van der Waals surface area contributed by atoms with Crippen molar-refractivity contribution in [3.63, 3.8) is 0 Å². The molecule has 2 aromatic rings. The van der Waals surface area contributed by atoms with Crippen LogP contribution in [-0.2, 0) is 14.3 Å². The number of carbonyl (C=O) groups is 2. The lowest BCUT2D eigenvalue weighted by Gasteiger charge is -2.08. The minimum Gasteiger partial charge on any atom is -0.493 e. The maximum absolute atomic E-state index is 11.8. The summed E-state index contributed by atoms with van der Waals surface area (Å²) in [6, 6.07) is 14.1. The van der Waals surface area contributed by atoms with E-state index in [1.54, 1.807) is 30.3 Å². The molecule has 0 atom stereocenters. The fraction of sp³-hybridized carbons (Fsp3) is 0.150. The summed E-state index contributed by atoms with van der Waals surface area (Å²) < 4.78 is 16.4. The van der Waals surface area contributed by atoms with E-state index in [1.807, 2.05) is 18.2 Å². The third-order valence-corrected chi connectivity index (χ3v) is 4.08. The highest BCUT2D eigenvalue weighted by Gasteiger charge is 2.07. The Kier molecular flexibility index (Phi) is 8.30. The Morgan fingerprint density at radius 1 is 1.18 bits per heavy atom. The maximum Gasteiger partial charge on any atom is 0.331 e. The molecule has 1 amide bonds. The Morgan fingerprint density at radius 2 is 1.93 bits per heavy atom. The molecule has 2 rings (SSSR count). The number of halogens is 1. The van der Waals surface area contributed by atoms with Crippen molar-refractivity contribution in [2.24, 2.45) is 0 Å². The molecular weight excluding hydrogens is 475 g/mol. The third-order valence-electron chi connectivity index (χ3n) is 3.37. The first-order valence-electron chi connectivity index (χ1n) is 8.10. The first-order valence-corrected chi connectivity index (χ1v) is 9.17. The standard InChI is InChI=1S/C20H17IN2O5/c1-26-18-12-14(2-8-17(18)27-11-10-22)3-9-20(25)28-13-19(24)23-16-6-4-15(21)5-7-16/h2-9,12H,11,13H2,1H3,(H,23,24)/b9-3+. The molecule has 28 heavy (non-hydrogen) atoms. The molecule has 0 fully saturated rings. The Hall–Kier alpha value is -3.06. The summed E-state index contributed by atoms with van der Waals surface area (Å²) in [5.74, 6) is -0.219. The van der Waals surface area contributed by atoms with E-state index in [4.69, 9.17) is 19.5 Å². The molecular formula is C20H17IN2O5. The minimum atomic E-state index is -0.651. The number of nitrogens with one attached hydrogen (secondary N) is 1. The van der Waals surface area contributed by atoms with Gasteiger partial charge in [-0.05, 0) is 70.6 Å². The summed E-state index contributed by atoms with van der Waals surface area (Å²) in [7, 11) is 1.47. The summed E-state index contributed by atoms with van der Waals surface area (Å²) in [5, 5.41) is 11.2. The van der Waals surface area contributed by atoms with Gasteiger partial charge >= 0.3 is 5.97 Å². The van der Waals surface area contributed by atoms with Gasteiger partial charge < -0.3 is 19.5 Å². The first-order chi connectivity index (χ1) is 13.5. The smallest absolute Gasteiger partial charge is 0.331 e. The zero-order valence-corrected chi connectivity index (χ0v) is 17.1. The number of esters is 1. The zero-order chi connectivity index (χ0) is 20.4. The molecule has 0 aliphatic heterocycles. The number of anilines is 1. The summed E-state index contributed by atoms with van der Waals surface area (Å²) in [6.45, 7) is -0.485. The molecule has 0 spiro atoms. The largest absolute Gasteiger partial charge is 0.493 e. The van der Waals surface area contributed by atoms with Gasteiger partial charge in [-0.25, -0.2) is 4.79 Å². The van der Waals surface area contributed by atoms with Crippen molar-refractivity contribution in [2.75, 3.05) is 25.6 Å². The Balaban J connectivity index is 1.86. The van der Waals surface area contributed by atoms with Gasteiger partial charge in [0, 0.05) is 15.3 Å². The molecule has 7 nitrogen and oxygen atoms in total. The van der Waals surface area contributed by atoms with E-state index < -0.39 is 11.9 Å². The summed E-state index contributed by atoms with van der Waals surface area (Å²) in [5.41, 5.74) is 1.30. The maximum atomic E-state index is 11.8. The normalized spacial score (nSPS) is 10.2. The minimum absolute atomic E-state index is 0.0951. The third kappa shape index (κ3) is 6.92. The molecule has 0 heterocycles. The number of benzene rings is 2. The molecule has 0 aliphatic rings. The molecule has 0 unspecified atom stereocenters. The van der Waals surface area contributed by atoms with Crippen LogP contribution in [0.25, 0.3) is 6.08 Å². The molecule has 1 N–H and O–H groups in total. The van der Waals surface area contributed by atoms with Gasteiger partial charge in [0.2, 0.25) is 0 Å². The van der Waals surface area contributed by atoms with E-state index >= 15 is 0 Å². The fourth-order valence-electron chi connectivity index (χ4n) is 2.10. The van der Waals surface area contributed by atoms with E-state index in [1.165, 1.54) is 19.3 Å². The second-order valence-electron chi connectivity index (χ2n) is 5.35. The molecule has 2 aromatic carbocycles. The molecule has 0 saturated carbocycles. The lowest BCUT2D eigenvalue weighted by atomic mass is 10.2. The van der Waals surface area contributed by atoms with Crippen LogP contribution in [0.1, 0.15) is 5.56 Å². The van der Waals surface area contributed by atoms with E-state index in [0.717, 1.165) is 3.57 Å². The summed E-state index contributed by atoms with van der Waals surface area (Å²) in [4.78, 5) is 23.6. The van der Waals surface area contributed by atoms with Crippen LogP contribution in [0.15, 0.2) is 48.5 Å². The van der Waals surface area contributed by atoms with Crippen LogP contribution in [0.4, 0.5) is 5.69 Å². The monoisotopic (exact) mass is 492 g/mol. The van der Waals surface area contributed by atoms with E-state index in [-0.39, 0.29) is 13.2 Å². The summed E-state index contributed by atoms with van der Waals surface area (Å²) in [6.07, 6.45) is 2.73. The number of carbonyl (C=O) groups excluding carboxylic acids is 2. The lowest BCUT2D eigenvalue weighted by Crippen LogP contribution is -2.20. The SMILES string of the molecule is COc1cc(/C=C/C(=O)OCC(=O)Nc2ccc(I)cc2)ccc1OCC#N. The second-order valence-corrected chi connectivity index (χ2v) is 6.60. The molecule has 0 radical (unpaired) electrons. The highest BCUT2D eigenvalue weighted by Crippen LogP contribution is 2.28. The van der Waals surface area contributed by atoms with Crippen molar-refractivity contribution in [2.45, 2.75) is 0 Å². The van der Waals surface area contributed by atoms with Crippen molar-refractivity contribution < 1.29 is 23.8 Å². The molecule has 0 aromatic heterocycles. The van der Waals surface area contributed by atoms with Gasteiger partial charge in [-0.15, -0.1) is 0 Å². The number of nitriles is 1. The average molecular weight is 492 g/mol. The first kappa shape index (κ1) is 21.2. The van der Waals surface area contributed by atoms with E-state index in [2.05, 4.69) is 27.9 Å². The van der Waals surface area contributed by atoms with Crippen LogP contribution in [0.5, 0.6) is 11.5 Å². The topological polar surface area (TPSA) is 97.7 Å². The van der Waals surface area contributed by atoms with Crippen LogP contribution in [0, 0.1) is 14.9 Å². The molecule has 0 aliphatic carbocycles. The van der Waals surface area contributed by atoms with Crippen LogP contribution >= 0.6 is 22.6 Å². The van der Waals surface area contributed by atoms with E-state index in [9.17, 15) is 9.59 Å². The predicted molar refractivity (Wildman–Crippen MR) is 112 cm³/mol. The second kappa shape index (κ2) is 10.9. The van der Waals surface area contributed by atoms with Gasteiger partial charge in [0.25, 0.3) is 5.91 Å². The Bertz CT molecular complexity index is 904. The number of hydrogen-bond donors (Lipinski definition) is 1. The van der Waals surface area contributed by atoms with Crippen molar-refractivity contribution >= 4 is 46.2 Å². The van der Waals surface area contributed by atoms with Gasteiger partial charge in [-0.2, -0.15) is 5.26 Å². The van der Waals surface area contributed by atoms with E-state index in [0.29, 0.717) is 22.7 Å². The number of nitrogens with zero attached hydrogens (tertiary/aromatic N) is 1. The fourth-order valence-corrected chi connectivity index (χ4v) is 2.46. The predicted octanol–water partition coefficient (Wildman–Crippen LogP) is 3.40. The van der Waals surface area contributed by atoms with Crippen molar-refractivity contribution in [3.8, 4) is 17.6 Å². The van der Waals surface area contributed by atoms with Crippen LogP contribution in [0.3, 0.4) is 0 Å². The molecule has 0 saturated heterocycles. The molecule has 144 valence electrons. The van der Waals surface area contributed by atoms with Gasteiger partial charge in [-0.1, -0.05) is 6.07 Å². The molecule has 0 bridgehead atoms. The number of amides is 1. The lowest BCUT2D eigenvalue weighted by molar-refractivity contribution is -0.142. The van der Waals surface area contributed by atoms with Gasteiger partial charge in [-0.3, -0.25) is 4.79 Å². The summed E-state index contributed by atoms with van der Waals surface area (Å²) >= 11 is 2.16. The van der Waals surface area contributed by atoms with Gasteiger partial charge in [0.15, 0.2) is 24.7 Å². The average Bonchev–Trinajstić information content (AvgIpc) is 2.71. The quantitative estimate of drug-likeness (QED) is 0.345.